The Hall–Kier alpha value is -2.88. The fraction of sp³-hybridized carbons (Fsp3) is 0.312. The van der Waals surface area contributed by atoms with E-state index in [-0.39, 0.29) is 24.9 Å². The fourth-order valence-electron chi connectivity index (χ4n) is 2.66. The van der Waals surface area contributed by atoms with E-state index >= 15 is 0 Å². The van der Waals surface area contributed by atoms with E-state index in [9.17, 15) is 23.1 Å². The Kier molecular flexibility index (Phi) is 4.68. The van der Waals surface area contributed by atoms with Gasteiger partial charge in [-0.3, -0.25) is 4.79 Å². The van der Waals surface area contributed by atoms with Crippen molar-refractivity contribution in [1.29, 1.82) is 0 Å². The maximum atomic E-state index is 13.2. The molecule has 1 amide bonds. The van der Waals surface area contributed by atoms with Crippen LogP contribution in [0, 0.1) is 0 Å². The summed E-state index contributed by atoms with van der Waals surface area (Å²) >= 11 is 0. The smallest absolute Gasteiger partial charge is 0.391 e. The number of benzene rings is 1. The van der Waals surface area contributed by atoms with Crippen LogP contribution in [0.1, 0.15) is 22.3 Å². The molecule has 3 rings (SSSR count). The van der Waals surface area contributed by atoms with Gasteiger partial charge in [0.1, 0.15) is 11.4 Å². The number of halogens is 3. The molecule has 0 unspecified atom stereocenters. The number of aromatic nitrogens is 2. The lowest BCUT2D eigenvalue weighted by Gasteiger charge is -2.21. The van der Waals surface area contributed by atoms with Crippen LogP contribution in [-0.4, -0.2) is 40.2 Å². The van der Waals surface area contributed by atoms with Crippen molar-refractivity contribution >= 4 is 23.4 Å². The number of aliphatic hydroxyl groups excluding tert-OH is 1. The number of amides is 1. The van der Waals surface area contributed by atoms with E-state index in [0.29, 0.717) is 23.9 Å². The number of rotatable bonds is 4. The minimum absolute atomic E-state index is 0.0267. The van der Waals surface area contributed by atoms with Crippen LogP contribution in [0.3, 0.4) is 0 Å². The number of alkyl halides is 3. The number of hydrogen-bond acceptors (Lipinski definition) is 6. The number of nitrogens with one attached hydrogen (secondary N) is 1. The van der Waals surface area contributed by atoms with Gasteiger partial charge in [0.25, 0.3) is 0 Å². The number of anilines is 3. The lowest BCUT2D eigenvalue weighted by atomic mass is 10.2. The van der Waals surface area contributed by atoms with Crippen molar-refractivity contribution in [3.05, 3.63) is 41.6 Å². The zero-order chi connectivity index (χ0) is 18.9. The molecule has 1 aromatic carbocycles. The van der Waals surface area contributed by atoms with Crippen molar-refractivity contribution in [1.82, 2.24) is 9.97 Å². The highest BCUT2D eigenvalue weighted by Crippen LogP contribution is 2.36. The molecular formula is C16H16F3N5O2. The molecule has 1 aromatic heterocycles. The summed E-state index contributed by atoms with van der Waals surface area (Å²) in [4.78, 5) is 20.2. The average molecular weight is 367 g/mol. The van der Waals surface area contributed by atoms with E-state index in [0.717, 1.165) is 0 Å². The molecule has 7 nitrogen and oxygen atoms in total. The summed E-state index contributed by atoms with van der Waals surface area (Å²) in [5, 5.41) is 12.4. The molecule has 1 fully saturated rings. The number of β-amino-alcohol motifs (C(OH)–C–C–N with tert-alkyl or cyclic N) is 1. The molecule has 0 saturated carbocycles. The molecular weight excluding hydrogens is 351 g/mol. The van der Waals surface area contributed by atoms with Crippen LogP contribution in [0.4, 0.5) is 30.6 Å². The summed E-state index contributed by atoms with van der Waals surface area (Å²) < 4.78 is 39.7. The Morgan fingerprint density at radius 2 is 2.00 bits per heavy atom. The zero-order valence-electron chi connectivity index (χ0n) is 13.5. The molecule has 2 aromatic rings. The molecule has 0 bridgehead atoms. The quantitative estimate of drug-likeness (QED) is 0.763. The van der Waals surface area contributed by atoms with Crippen molar-refractivity contribution in [2.24, 2.45) is 5.73 Å². The number of carbonyl (C=O) groups is 1. The Balaban J connectivity index is 1.89. The topological polar surface area (TPSA) is 104 Å². The number of nitrogens with two attached hydrogens (primary N) is 1. The molecule has 2 heterocycles. The molecule has 4 N–H and O–H groups in total. The largest absolute Gasteiger partial charge is 0.421 e. The first-order valence-electron chi connectivity index (χ1n) is 7.78. The minimum atomic E-state index is -4.61. The standard InChI is InChI=1S/C16H16F3N5O2/c17-16(18,19)12-7-21-15(23-14(12)24-6-5-11(25)8-24)22-10-3-1-9(2-4-10)13(20)26/h1-4,7,11,25H,5-6,8H2,(H2,20,26)(H,21,22,23)/t11-/m0/s1. The van der Waals surface area contributed by atoms with Gasteiger partial charge in [0.15, 0.2) is 0 Å². The number of hydrogen-bond donors (Lipinski definition) is 3. The second-order valence-electron chi connectivity index (χ2n) is 5.88. The molecule has 1 atom stereocenters. The Morgan fingerprint density at radius 1 is 1.31 bits per heavy atom. The summed E-state index contributed by atoms with van der Waals surface area (Å²) in [6.45, 7) is 0.348. The van der Waals surface area contributed by atoms with E-state index in [4.69, 9.17) is 5.73 Å². The summed E-state index contributed by atoms with van der Waals surface area (Å²) in [5.74, 6) is -0.890. The lowest BCUT2D eigenvalue weighted by Crippen LogP contribution is -2.26. The molecule has 26 heavy (non-hydrogen) atoms. The van der Waals surface area contributed by atoms with Gasteiger partial charge >= 0.3 is 6.18 Å². The molecule has 0 spiro atoms. The molecule has 1 saturated heterocycles. The molecule has 10 heteroatoms. The summed E-state index contributed by atoms with van der Waals surface area (Å²) in [5.41, 5.74) is 4.99. The van der Waals surface area contributed by atoms with Crippen molar-refractivity contribution in [3.8, 4) is 0 Å². The van der Waals surface area contributed by atoms with E-state index in [1.807, 2.05) is 0 Å². The second-order valence-corrected chi connectivity index (χ2v) is 5.88. The zero-order valence-corrected chi connectivity index (χ0v) is 13.5. The van der Waals surface area contributed by atoms with Gasteiger partial charge in [-0.1, -0.05) is 0 Å². The van der Waals surface area contributed by atoms with Crippen LogP contribution < -0.4 is 16.0 Å². The van der Waals surface area contributed by atoms with E-state index < -0.39 is 23.8 Å². The average Bonchev–Trinajstić information content (AvgIpc) is 3.01. The molecule has 1 aliphatic rings. The predicted octanol–water partition coefficient (Wildman–Crippen LogP) is 1.91. The summed E-state index contributed by atoms with van der Waals surface area (Å²) in [6, 6.07) is 6.04. The summed E-state index contributed by atoms with van der Waals surface area (Å²) in [7, 11) is 0. The molecule has 0 radical (unpaired) electrons. The van der Waals surface area contributed by atoms with Gasteiger partial charge in [-0.2, -0.15) is 18.2 Å². The van der Waals surface area contributed by atoms with E-state index in [1.54, 1.807) is 12.1 Å². The Bertz CT molecular complexity index is 811. The first kappa shape index (κ1) is 17.9. The highest BCUT2D eigenvalue weighted by Gasteiger charge is 2.38. The third kappa shape index (κ3) is 3.85. The maximum Gasteiger partial charge on any atom is 0.421 e. The van der Waals surface area contributed by atoms with Gasteiger partial charge in [-0.05, 0) is 30.7 Å². The van der Waals surface area contributed by atoms with Crippen molar-refractivity contribution in [2.45, 2.75) is 18.7 Å². The van der Waals surface area contributed by atoms with Crippen LogP contribution in [-0.2, 0) is 6.18 Å². The molecule has 138 valence electrons. The SMILES string of the molecule is NC(=O)c1ccc(Nc2ncc(C(F)(F)F)c(N3CC[C@H](O)C3)n2)cc1. The highest BCUT2D eigenvalue weighted by molar-refractivity contribution is 5.93. The van der Waals surface area contributed by atoms with Crippen molar-refractivity contribution in [2.75, 3.05) is 23.3 Å². The Morgan fingerprint density at radius 3 is 2.54 bits per heavy atom. The lowest BCUT2D eigenvalue weighted by molar-refractivity contribution is -0.137. The monoisotopic (exact) mass is 367 g/mol. The number of carbonyl (C=O) groups excluding carboxylic acids is 1. The van der Waals surface area contributed by atoms with Gasteiger partial charge in [0, 0.05) is 30.5 Å². The third-order valence-electron chi connectivity index (χ3n) is 3.96. The highest BCUT2D eigenvalue weighted by atomic mass is 19.4. The molecule has 0 aliphatic carbocycles. The van der Waals surface area contributed by atoms with Crippen LogP contribution >= 0.6 is 0 Å². The number of aliphatic hydroxyl groups is 1. The number of nitrogens with zero attached hydrogens (tertiary/aromatic N) is 3. The van der Waals surface area contributed by atoms with Crippen LogP contribution in [0.2, 0.25) is 0 Å². The van der Waals surface area contributed by atoms with Gasteiger partial charge < -0.3 is 21.1 Å². The van der Waals surface area contributed by atoms with Gasteiger partial charge in [-0.25, -0.2) is 4.98 Å². The van der Waals surface area contributed by atoms with Gasteiger partial charge in [0.2, 0.25) is 11.9 Å². The first-order valence-corrected chi connectivity index (χ1v) is 7.78. The van der Waals surface area contributed by atoms with Gasteiger partial charge in [0.05, 0.1) is 6.10 Å². The van der Waals surface area contributed by atoms with Crippen LogP contribution in [0.25, 0.3) is 0 Å². The van der Waals surface area contributed by atoms with Gasteiger partial charge in [-0.15, -0.1) is 0 Å². The predicted molar refractivity (Wildman–Crippen MR) is 88.1 cm³/mol. The maximum absolute atomic E-state index is 13.2. The molecule has 1 aliphatic heterocycles. The fourth-order valence-corrected chi connectivity index (χ4v) is 2.66. The minimum Gasteiger partial charge on any atom is -0.391 e. The van der Waals surface area contributed by atoms with E-state index in [1.165, 1.54) is 17.0 Å². The van der Waals surface area contributed by atoms with Crippen molar-refractivity contribution in [3.63, 3.8) is 0 Å². The van der Waals surface area contributed by atoms with Crippen LogP contribution in [0.5, 0.6) is 0 Å². The Labute approximate surface area is 146 Å². The normalized spacial score (nSPS) is 17.4. The van der Waals surface area contributed by atoms with E-state index in [2.05, 4.69) is 15.3 Å². The first-order chi connectivity index (χ1) is 12.2. The van der Waals surface area contributed by atoms with Crippen LogP contribution in [0.15, 0.2) is 30.5 Å². The number of primary amides is 1. The van der Waals surface area contributed by atoms with Crippen molar-refractivity contribution < 1.29 is 23.1 Å². The summed E-state index contributed by atoms with van der Waals surface area (Å²) in [6.07, 6.45) is -4.21. The second kappa shape index (κ2) is 6.79. The third-order valence-corrected chi connectivity index (χ3v) is 3.96.